The SMILES string of the molecule is CCCc1ccc(C(=O)OC(C)(C)C)cc1. The highest BCUT2D eigenvalue weighted by Gasteiger charge is 2.17. The zero-order valence-electron chi connectivity index (χ0n) is 10.5. The van der Waals surface area contributed by atoms with Gasteiger partial charge in [0.05, 0.1) is 5.56 Å². The lowest BCUT2D eigenvalue weighted by atomic mass is 10.1. The highest BCUT2D eigenvalue weighted by atomic mass is 16.6. The first-order chi connectivity index (χ1) is 7.42. The van der Waals surface area contributed by atoms with Crippen molar-refractivity contribution in [3.63, 3.8) is 0 Å². The molecule has 0 aliphatic rings. The molecule has 1 aromatic carbocycles. The molecule has 0 aromatic heterocycles. The molecule has 0 aliphatic carbocycles. The second kappa shape index (κ2) is 5.15. The number of benzene rings is 1. The Morgan fingerprint density at radius 2 is 1.75 bits per heavy atom. The lowest BCUT2D eigenvalue weighted by Gasteiger charge is -2.19. The van der Waals surface area contributed by atoms with Gasteiger partial charge in [-0.1, -0.05) is 25.5 Å². The summed E-state index contributed by atoms with van der Waals surface area (Å²) in [7, 11) is 0. The number of carbonyl (C=O) groups excluding carboxylic acids is 1. The monoisotopic (exact) mass is 220 g/mol. The summed E-state index contributed by atoms with van der Waals surface area (Å²) in [6.45, 7) is 7.75. The second-order valence-electron chi connectivity index (χ2n) is 4.95. The number of rotatable bonds is 3. The maximum Gasteiger partial charge on any atom is 0.338 e. The molecule has 0 saturated heterocycles. The van der Waals surface area contributed by atoms with Crippen molar-refractivity contribution >= 4 is 5.97 Å². The zero-order valence-corrected chi connectivity index (χ0v) is 10.5. The van der Waals surface area contributed by atoms with E-state index in [4.69, 9.17) is 4.74 Å². The summed E-state index contributed by atoms with van der Waals surface area (Å²) in [5, 5.41) is 0. The van der Waals surface area contributed by atoms with Crippen LogP contribution in [0.15, 0.2) is 24.3 Å². The molecule has 16 heavy (non-hydrogen) atoms. The summed E-state index contributed by atoms with van der Waals surface area (Å²) in [5.74, 6) is -0.254. The normalized spacial score (nSPS) is 11.2. The number of hydrogen-bond donors (Lipinski definition) is 0. The molecule has 0 aliphatic heterocycles. The molecule has 0 saturated carbocycles. The Morgan fingerprint density at radius 1 is 1.19 bits per heavy atom. The maximum absolute atomic E-state index is 11.7. The Hall–Kier alpha value is -1.31. The quantitative estimate of drug-likeness (QED) is 0.727. The summed E-state index contributed by atoms with van der Waals surface area (Å²) in [6, 6.07) is 7.64. The van der Waals surface area contributed by atoms with Crippen LogP contribution in [0.3, 0.4) is 0 Å². The summed E-state index contributed by atoms with van der Waals surface area (Å²) < 4.78 is 5.28. The molecule has 0 spiro atoms. The van der Waals surface area contributed by atoms with Crippen LogP contribution < -0.4 is 0 Å². The van der Waals surface area contributed by atoms with Crippen molar-refractivity contribution in [2.45, 2.75) is 46.1 Å². The van der Waals surface area contributed by atoms with E-state index >= 15 is 0 Å². The van der Waals surface area contributed by atoms with E-state index in [2.05, 4.69) is 6.92 Å². The van der Waals surface area contributed by atoms with Crippen molar-refractivity contribution in [1.29, 1.82) is 0 Å². The predicted octanol–water partition coefficient (Wildman–Crippen LogP) is 3.59. The van der Waals surface area contributed by atoms with Gasteiger partial charge in [0.25, 0.3) is 0 Å². The first-order valence-corrected chi connectivity index (χ1v) is 5.74. The van der Waals surface area contributed by atoms with Crippen LogP contribution >= 0.6 is 0 Å². The molecule has 0 unspecified atom stereocenters. The fourth-order valence-corrected chi connectivity index (χ4v) is 1.43. The third-order valence-electron chi connectivity index (χ3n) is 2.13. The van der Waals surface area contributed by atoms with Gasteiger partial charge in [-0.15, -0.1) is 0 Å². The molecule has 0 fully saturated rings. The molecule has 1 rings (SSSR count). The fraction of sp³-hybridized carbons (Fsp3) is 0.500. The van der Waals surface area contributed by atoms with Crippen molar-refractivity contribution in [3.05, 3.63) is 35.4 Å². The highest BCUT2D eigenvalue weighted by molar-refractivity contribution is 5.89. The maximum atomic E-state index is 11.7. The third-order valence-corrected chi connectivity index (χ3v) is 2.13. The fourth-order valence-electron chi connectivity index (χ4n) is 1.43. The molecule has 0 amide bonds. The van der Waals surface area contributed by atoms with Crippen LogP contribution in [0.1, 0.15) is 50.0 Å². The Labute approximate surface area is 97.6 Å². The van der Waals surface area contributed by atoms with Crippen LogP contribution in [0.2, 0.25) is 0 Å². The molecule has 88 valence electrons. The molecular weight excluding hydrogens is 200 g/mol. The van der Waals surface area contributed by atoms with Crippen molar-refractivity contribution in [2.24, 2.45) is 0 Å². The Morgan fingerprint density at radius 3 is 2.19 bits per heavy atom. The molecule has 1 aromatic rings. The van der Waals surface area contributed by atoms with Crippen LogP contribution in [0.4, 0.5) is 0 Å². The highest BCUT2D eigenvalue weighted by Crippen LogP contribution is 2.13. The van der Waals surface area contributed by atoms with Crippen LogP contribution in [-0.2, 0) is 11.2 Å². The molecule has 0 radical (unpaired) electrons. The number of hydrogen-bond acceptors (Lipinski definition) is 2. The minimum absolute atomic E-state index is 0.254. The van der Waals surface area contributed by atoms with Crippen LogP contribution in [-0.4, -0.2) is 11.6 Å². The predicted molar refractivity (Wildman–Crippen MR) is 65.6 cm³/mol. The summed E-state index contributed by atoms with van der Waals surface area (Å²) in [4.78, 5) is 11.7. The van der Waals surface area contributed by atoms with Gasteiger partial charge >= 0.3 is 5.97 Å². The van der Waals surface area contributed by atoms with Crippen molar-refractivity contribution in [3.8, 4) is 0 Å². The molecule has 0 atom stereocenters. The van der Waals surface area contributed by atoms with Gasteiger partial charge in [0.1, 0.15) is 5.60 Å². The molecule has 2 heteroatoms. The Kier molecular flexibility index (Phi) is 4.11. The van der Waals surface area contributed by atoms with Gasteiger partial charge in [-0.2, -0.15) is 0 Å². The average molecular weight is 220 g/mol. The van der Waals surface area contributed by atoms with E-state index in [1.807, 2.05) is 45.0 Å². The van der Waals surface area contributed by atoms with Crippen molar-refractivity contribution in [1.82, 2.24) is 0 Å². The number of ether oxygens (including phenoxy) is 1. The van der Waals surface area contributed by atoms with E-state index in [-0.39, 0.29) is 5.97 Å². The van der Waals surface area contributed by atoms with Gasteiger partial charge in [-0.25, -0.2) is 4.79 Å². The average Bonchev–Trinajstić information content (AvgIpc) is 2.16. The number of esters is 1. The van der Waals surface area contributed by atoms with E-state index in [9.17, 15) is 4.79 Å². The van der Waals surface area contributed by atoms with E-state index in [1.165, 1.54) is 5.56 Å². The lowest BCUT2D eigenvalue weighted by Crippen LogP contribution is -2.23. The summed E-state index contributed by atoms with van der Waals surface area (Å²) in [5.41, 5.74) is 1.45. The van der Waals surface area contributed by atoms with Crippen LogP contribution in [0, 0.1) is 0 Å². The third kappa shape index (κ3) is 4.05. The van der Waals surface area contributed by atoms with Gasteiger partial charge in [-0.05, 0) is 44.9 Å². The first-order valence-electron chi connectivity index (χ1n) is 5.74. The molecule has 0 heterocycles. The van der Waals surface area contributed by atoms with Crippen LogP contribution in [0.25, 0.3) is 0 Å². The molecule has 0 bridgehead atoms. The van der Waals surface area contributed by atoms with Gasteiger partial charge in [0.15, 0.2) is 0 Å². The number of carbonyl (C=O) groups is 1. The smallest absolute Gasteiger partial charge is 0.338 e. The zero-order chi connectivity index (χ0) is 12.2. The second-order valence-corrected chi connectivity index (χ2v) is 4.95. The van der Waals surface area contributed by atoms with Crippen molar-refractivity contribution in [2.75, 3.05) is 0 Å². The lowest BCUT2D eigenvalue weighted by molar-refractivity contribution is 0.00695. The van der Waals surface area contributed by atoms with E-state index in [0.717, 1.165) is 12.8 Å². The van der Waals surface area contributed by atoms with Gasteiger partial charge < -0.3 is 4.74 Å². The Balaban J connectivity index is 2.70. The van der Waals surface area contributed by atoms with Gasteiger partial charge in [0, 0.05) is 0 Å². The first kappa shape index (κ1) is 12.8. The van der Waals surface area contributed by atoms with Gasteiger partial charge in [0.2, 0.25) is 0 Å². The van der Waals surface area contributed by atoms with Gasteiger partial charge in [-0.3, -0.25) is 0 Å². The minimum Gasteiger partial charge on any atom is -0.456 e. The van der Waals surface area contributed by atoms with E-state index in [1.54, 1.807) is 0 Å². The summed E-state index contributed by atoms with van der Waals surface area (Å²) in [6.07, 6.45) is 2.17. The summed E-state index contributed by atoms with van der Waals surface area (Å²) >= 11 is 0. The topological polar surface area (TPSA) is 26.3 Å². The van der Waals surface area contributed by atoms with E-state index < -0.39 is 5.60 Å². The standard InChI is InChI=1S/C14H20O2/c1-5-6-11-7-9-12(10-8-11)13(15)16-14(2,3)4/h7-10H,5-6H2,1-4H3. The molecule has 0 N–H and O–H groups in total. The minimum atomic E-state index is -0.431. The Bertz CT molecular complexity index is 344. The van der Waals surface area contributed by atoms with E-state index in [0.29, 0.717) is 5.56 Å². The largest absolute Gasteiger partial charge is 0.456 e. The molecule has 2 nitrogen and oxygen atoms in total. The molecular formula is C14H20O2. The number of aryl methyl sites for hydroxylation is 1. The van der Waals surface area contributed by atoms with Crippen LogP contribution in [0.5, 0.6) is 0 Å². The van der Waals surface area contributed by atoms with Crippen molar-refractivity contribution < 1.29 is 9.53 Å².